The molecule has 1 fully saturated rings. The molecule has 3 aromatic heterocycles. The van der Waals surface area contributed by atoms with Gasteiger partial charge in [-0.3, -0.25) is 14.4 Å². The van der Waals surface area contributed by atoms with Crippen LogP contribution in [0.25, 0.3) is 11.4 Å². The Balaban J connectivity index is 1.53. The van der Waals surface area contributed by atoms with Gasteiger partial charge < -0.3 is 14.5 Å². The lowest BCUT2D eigenvalue weighted by molar-refractivity contribution is 0.0988. The van der Waals surface area contributed by atoms with Crippen LogP contribution in [0.3, 0.4) is 0 Å². The summed E-state index contributed by atoms with van der Waals surface area (Å²) in [6.45, 7) is 1.85. The van der Waals surface area contributed by atoms with Gasteiger partial charge >= 0.3 is 0 Å². The summed E-state index contributed by atoms with van der Waals surface area (Å²) in [5, 5.41) is 4.45. The van der Waals surface area contributed by atoms with Gasteiger partial charge in [0.1, 0.15) is 18.0 Å². The number of aromatic nitrogens is 5. The second-order valence-electron chi connectivity index (χ2n) is 10.4. The molecule has 10 heteroatoms. The molecular weight excluding hydrogens is 504 g/mol. The van der Waals surface area contributed by atoms with E-state index in [9.17, 15) is 4.79 Å². The minimum absolute atomic E-state index is 0.00552. The van der Waals surface area contributed by atoms with Crippen LogP contribution >= 0.6 is 0 Å². The van der Waals surface area contributed by atoms with Crippen molar-refractivity contribution in [3.63, 3.8) is 0 Å². The molecule has 0 bridgehead atoms. The number of pyridine rings is 2. The van der Waals surface area contributed by atoms with Crippen molar-refractivity contribution < 1.29 is 9.53 Å². The van der Waals surface area contributed by atoms with E-state index in [0.29, 0.717) is 35.1 Å². The molecule has 0 radical (unpaired) electrons. The Kier molecular flexibility index (Phi) is 7.29. The average molecular weight is 541 g/mol. The lowest BCUT2D eigenvalue weighted by atomic mass is 10.1. The van der Waals surface area contributed by atoms with Gasteiger partial charge in [0.25, 0.3) is 0 Å². The summed E-state index contributed by atoms with van der Waals surface area (Å²) in [5.74, 6) is 2.63. The number of ketones is 1. The highest BCUT2D eigenvalue weighted by Gasteiger charge is 2.46. The Bertz CT molecular complexity index is 1530. The zero-order chi connectivity index (χ0) is 28.6. The van der Waals surface area contributed by atoms with Crippen LogP contribution in [0.15, 0.2) is 55.1 Å². The third-order valence-corrected chi connectivity index (χ3v) is 7.80. The number of para-hydroxylation sites is 1. The van der Waals surface area contributed by atoms with E-state index in [1.807, 2.05) is 74.4 Å². The van der Waals surface area contributed by atoms with Crippen molar-refractivity contribution in [3.8, 4) is 17.1 Å². The number of ether oxygens (including phenoxy) is 1. The molecule has 1 aliphatic rings. The molecule has 40 heavy (non-hydrogen) atoms. The van der Waals surface area contributed by atoms with Crippen molar-refractivity contribution in [3.05, 3.63) is 66.2 Å². The highest BCUT2D eigenvalue weighted by molar-refractivity contribution is 6.02. The fourth-order valence-corrected chi connectivity index (χ4v) is 5.16. The van der Waals surface area contributed by atoms with Crippen LogP contribution in [0, 0.1) is 0 Å². The number of Topliss-reactive ketones (excluding diaryl/α,β-unsaturated/α-hetero) is 1. The highest BCUT2D eigenvalue weighted by atomic mass is 16.5. The molecule has 1 aromatic carbocycles. The second-order valence-corrected chi connectivity index (χ2v) is 10.4. The fourth-order valence-electron chi connectivity index (χ4n) is 5.16. The average Bonchev–Trinajstić information content (AvgIpc) is 3.69. The summed E-state index contributed by atoms with van der Waals surface area (Å²) >= 11 is 0. The number of benzene rings is 1. The Labute approximate surface area is 235 Å². The molecule has 0 N–H and O–H groups in total. The fraction of sp³-hybridized carbons (Fsp3) is 0.367. The van der Waals surface area contributed by atoms with Gasteiger partial charge in [-0.1, -0.05) is 19.1 Å². The number of carbonyl (C=O) groups is 1. The largest absolute Gasteiger partial charge is 0.494 e. The first-order valence-corrected chi connectivity index (χ1v) is 13.4. The molecule has 0 amide bonds. The summed E-state index contributed by atoms with van der Waals surface area (Å²) in [4.78, 5) is 33.0. The second kappa shape index (κ2) is 10.7. The first-order valence-electron chi connectivity index (χ1n) is 13.4. The molecule has 0 unspecified atom stereocenters. The van der Waals surface area contributed by atoms with Crippen LogP contribution in [0.2, 0.25) is 0 Å². The molecule has 0 saturated heterocycles. The number of hydrogen-bond donors (Lipinski definition) is 0. The van der Waals surface area contributed by atoms with E-state index in [4.69, 9.17) is 9.72 Å². The maximum atomic E-state index is 13.0. The smallest absolute Gasteiger partial charge is 0.184 e. The maximum absolute atomic E-state index is 13.0. The Morgan fingerprint density at radius 1 is 0.975 bits per heavy atom. The number of hydrogen-bond acceptors (Lipinski definition) is 9. The van der Waals surface area contributed by atoms with Crippen LogP contribution in [0.1, 0.15) is 42.1 Å². The van der Waals surface area contributed by atoms with E-state index in [1.54, 1.807) is 24.3 Å². The van der Waals surface area contributed by atoms with E-state index in [0.717, 1.165) is 29.9 Å². The molecule has 4 aromatic rings. The molecule has 1 saturated carbocycles. The number of anilines is 4. The molecule has 0 spiro atoms. The molecule has 208 valence electrons. The van der Waals surface area contributed by atoms with E-state index < -0.39 is 0 Å². The van der Waals surface area contributed by atoms with Gasteiger partial charge in [0.15, 0.2) is 17.4 Å². The van der Waals surface area contributed by atoms with Gasteiger partial charge in [0, 0.05) is 51.6 Å². The van der Waals surface area contributed by atoms with Gasteiger partial charge in [0.05, 0.1) is 29.6 Å². The summed E-state index contributed by atoms with van der Waals surface area (Å²) in [7, 11) is 11.5. The first kappa shape index (κ1) is 27.3. The van der Waals surface area contributed by atoms with Crippen LogP contribution in [0.5, 0.6) is 5.75 Å². The monoisotopic (exact) mass is 540 g/mol. The van der Waals surface area contributed by atoms with Gasteiger partial charge in [0.2, 0.25) is 0 Å². The molecular formula is C30H36N8O2. The molecule has 5 rings (SSSR count). The lowest BCUT2D eigenvalue weighted by Crippen LogP contribution is -2.27. The minimum Gasteiger partial charge on any atom is -0.494 e. The third kappa shape index (κ3) is 4.79. The van der Waals surface area contributed by atoms with Crippen molar-refractivity contribution >= 4 is 28.8 Å². The third-order valence-electron chi connectivity index (χ3n) is 7.80. The normalized spacial score (nSPS) is 13.8. The predicted molar refractivity (Wildman–Crippen MR) is 157 cm³/mol. The predicted octanol–water partition coefficient (Wildman–Crippen LogP) is 4.96. The Hall–Kier alpha value is -4.31. The number of carbonyl (C=O) groups excluding carboxylic acids is 1. The van der Waals surface area contributed by atoms with Crippen molar-refractivity contribution in [2.45, 2.75) is 31.7 Å². The summed E-state index contributed by atoms with van der Waals surface area (Å²) in [6.07, 6.45) is 7.91. The lowest BCUT2D eigenvalue weighted by Gasteiger charge is -2.27. The van der Waals surface area contributed by atoms with Crippen molar-refractivity contribution in [2.24, 2.45) is 7.05 Å². The standard InChI is InChI=1S/C30H36N8O2/c1-8-25(39)22-18-32-27(38(6)26-13-12-20(17-31-26)30(14-15-30)35(2)3)16-24(22)37(5)23-11-9-10-21(28(23)40-7)29-33-19-36(4)34-29/h9-13,16-19H,8,14-15H2,1-7H3. The number of aryl methyl sites for hydroxylation is 1. The van der Waals surface area contributed by atoms with Gasteiger partial charge in [-0.25, -0.2) is 15.0 Å². The van der Waals surface area contributed by atoms with E-state index >= 15 is 0 Å². The molecule has 0 atom stereocenters. The summed E-state index contributed by atoms with van der Waals surface area (Å²) in [5.41, 5.74) is 4.11. The summed E-state index contributed by atoms with van der Waals surface area (Å²) in [6, 6.07) is 11.9. The van der Waals surface area contributed by atoms with Crippen LogP contribution in [-0.2, 0) is 12.6 Å². The van der Waals surface area contributed by atoms with Crippen LogP contribution in [-0.4, -0.2) is 70.7 Å². The van der Waals surface area contributed by atoms with Gasteiger partial charge in [-0.05, 0) is 50.7 Å². The minimum atomic E-state index is 0.00552. The zero-order valence-corrected chi connectivity index (χ0v) is 24.2. The number of rotatable bonds is 10. The Morgan fingerprint density at radius 2 is 1.73 bits per heavy atom. The molecule has 3 heterocycles. The summed E-state index contributed by atoms with van der Waals surface area (Å²) < 4.78 is 7.51. The van der Waals surface area contributed by atoms with Gasteiger partial charge in [-0.15, -0.1) is 0 Å². The van der Waals surface area contributed by atoms with E-state index in [-0.39, 0.29) is 11.3 Å². The Morgan fingerprint density at radius 3 is 2.30 bits per heavy atom. The highest BCUT2D eigenvalue weighted by Crippen LogP contribution is 2.49. The quantitative estimate of drug-likeness (QED) is 0.259. The van der Waals surface area contributed by atoms with E-state index in [2.05, 4.69) is 40.1 Å². The van der Waals surface area contributed by atoms with E-state index in [1.165, 1.54) is 5.56 Å². The first-order chi connectivity index (χ1) is 19.2. The molecule has 1 aliphatic carbocycles. The van der Waals surface area contributed by atoms with Crippen molar-refractivity contribution in [1.82, 2.24) is 29.6 Å². The van der Waals surface area contributed by atoms with Crippen LogP contribution in [0.4, 0.5) is 23.0 Å². The van der Waals surface area contributed by atoms with Crippen molar-refractivity contribution in [1.29, 1.82) is 0 Å². The topological polar surface area (TPSA) is 92.5 Å². The molecule has 10 nitrogen and oxygen atoms in total. The maximum Gasteiger partial charge on any atom is 0.184 e. The van der Waals surface area contributed by atoms with Crippen LogP contribution < -0.4 is 14.5 Å². The SMILES string of the molecule is CCC(=O)c1cnc(N(C)c2ccc(C3(N(C)C)CC3)cn2)cc1N(C)c1cccc(-c2ncn(C)n2)c1OC. The number of methoxy groups -OCH3 is 1. The number of nitrogens with zero attached hydrogens (tertiary/aromatic N) is 8. The van der Waals surface area contributed by atoms with Gasteiger partial charge in [-0.2, -0.15) is 5.10 Å². The molecule has 0 aliphatic heterocycles. The zero-order valence-electron chi connectivity index (χ0n) is 24.2. The van der Waals surface area contributed by atoms with Crippen molar-refractivity contribution in [2.75, 3.05) is 45.1 Å².